The Kier molecular flexibility index (Phi) is 3.47. The van der Waals surface area contributed by atoms with Crippen molar-refractivity contribution < 1.29 is 9.53 Å². The lowest BCUT2D eigenvalue weighted by atomic mass is 10.2. The van der Waals surface area contributed by atoms with Gasteiger partial charge in [0.15, 0.2) is 5.16 Å². The summed E-state index contributed by atoms with van der Waals surface area (Å²) in [5.41, 5.74) is 4.86. The van der Waals surface area contributed by atoms with E-state index in [2.05, 4.69) is 20.5 Å². The smallest absolute Gasteiger partial charge is 0.275 e. The van der Waals surface area contributed by atoms with E-state index in [1.165, 1.54) is 11.8 Å². The number of ether oxygens (including phenoxy) is 1. The van der Waals surface area contributed by atoms with E-state index in [4.69, 9.17) is 4.74 Å². The van der Waals surface area contributed by atoms with Crippen LogP contribution >= 0.6 is 11.8 Å². The van der Waals surface area contributed by atoms with Crippen molar-refractivity contribution in [1.29, 1.82) is 0 Å². The van der Waals surface area contributed by atoms with Crippen molar-refractivity contribution in [2.45, 2.75) is 5.16 Å². The van der Waals surface area contributed by atoms with Crippen molar-refractivity contribution in [3.63, 3.8) is 0 Å². The maximum atomic E-state index is 11.9. The lowest BCUT2D eigenvalue weighted by molar-refractivity contribution is 0.0955. The van der Waals surface area contributed by atoms with Gasteiger partial charge in [0, 0.05) is 0 Å². The Labute approximate surface area is 136 Å². The normalized spacial score (nSPS) is 13.7. The highest BCUT2D eigenvalue weighted by Crippen LogP contribution is 2.23. The number of thioether (sulfide) groups is 1. The quantitative estimate of drug-likeness (QED) is 0.726. The van der Waals surface area contributed by atoms with Gasteiger partial charge in [0.05, 0.1) is 22.3 Å². The molecule has 0 spiro atoms. The van der Waals surface area contributed by atoms with Crippen LogP contribution in [0.1, 0.15) is 10.4 Å². The predicted molar refractivity (Wildman–Crippen MR) is 88.8 cm³/mol. The first-order chi connectivity index (χ1) is 11.3. The van der Waals surface area contributed by atoms with Gasteiger partial charge in [0.1, 0.15) is 5.75 Å². The third kappa shape index (κ3) is 2.78. The molecular formula is C16H12N4O2S. The number of fused-ring (bicyclic) bond motifs is 2. The van der Waals surface area contributed by atoms with Gasteiger partial charge in [-0.1, -0.05) is 36.0 Å². The Balaban J connectivity index is 1.52. The summed E-state index contributed by atoms with van der Waals surface area (Å²) in [5.74, 6) is 1.11. The van der Waals surface area contributed by atoms with E-state index in [1.807, 2.05) is 30.3 Å². The fourth-order valence-corrected chi connectivity index (χ4v) is 2.98. The topological polar surface area (TPSA) is 79.4 Å². The van der Waals surface area contributed by atoms with Gasteiger partial charge < -0.3 is 9.72 Å². The minimum atomic E-state index is -0.274. The summed E-state index contributed by atoms with van der Waals surface area (Å²) >= 11 is 1.46. The molecule has 2 N–H and O–H groups in total. The summed E-state index contributed by atoms with van der Waals surface area (Å²) < 4.78 is 5.73. The SMILES string of the molecule is O=C1NN=C(CSc2nc3ccccc3[nH]2)Oc2ccccc21. The van der Waals surface area contributed by atoms with Gasteiger partial charge in [-0.3, -0.25) is 4.79 Å². The van der Waals surface area contributed by atoms with Crippen molar-refractivity contribution >= 4 is 34.6 Å². The Morgan fingerprint density at radius 3 is 2.83 bits per heavy atom. The minimum absolute atomic E-state index is 0.274. The molecule has 114 valence electrons. The zero-order valence-electron chi connectivity index (χ0n) is 11.9. The number of hydrazone groups is 1. The van der Waals surface area contributed by atoms with Crippen LogP contribution in [0.2, 0.25) is 0 Å². The number of carbonyl (C=O) groups excluding carboxylic acids is 1. The number of nitrogens with zero attached hydrogens (tertiary/aromatic N) is 2. The van der Waals surface area contributed by atoms with Crippen LogP contribution in [0.3, 0.4) is 0 Å². The molecule has 7 heteroatoms. The zero-order chi connectivity index (χ0) is 15.6. The van der Waals surface area contributed by atoms with Crippen molar-refractivity contribution in [1.82, 2.24) is 15.4 Å². The summed E-state index contributed by atoms with van der Waals surface area (Å²) in [5, 5.41) is 4.80. The summed E-state index contributed by atoms with van der Waals surface area (Å²) in [6, 6.07) is 14.9. The fraction of sp³-hybridized carbons (Fsp3) is 0.0625. The summed E-state index contributed by atoms with van der Waals surface area (Å²) in [6.07, 6.45) is 0. The molecule has 1 aromatic heterocycles. The molecule has 23 heavy (non-hydrogen) atoms. The van der Waals surface area contributed by atoms with Crippen LogP contribution in [0.4, 0.5) is 0 Å². The van der Waals surface area contributed by atoms with Gasteiger partial charge in [0.2, 0.25) is 5.90 Å². The van der Waals surface area contributed by atoms with E-state index >= 15 is 0 Å². The minimum Gasteiger partial charge on any atom is -0.440 e. The third-order valence-corrected chi connectivity index (χ3v) is 4.20. The Morgan fingerprint density at radius 1 is 1.09 bits per heavy atom. The average molecular weight is 324 g/mol. The largest absolute Gasteiger partial charge is 0.440 e. The molecule has 4 rings (SSSR count). The highest BCUT2D eigenvalue weighted by atomic mass is 32.2. The van der Waals surface area contributed by atoms with Crippen LogP contribution in [0.25, 0.3) is 11.0 Å². The standard InChI is InChI=1S/C16H12N4O2S/c21-15-10-5-1-4-8-13(10)22-14(19-20-15)9-23-16-17-11-6-2-3-7-12(11)18-16/h1-8H,9H2,(H,17,18)(H,20,21). The van der Waals surface area contributed by atoms with Crippen molar-refractivity contribution in [2.24, 2.45) is 5.10 Å². The highest BCUT2D eigenvalue weighted by Gasteiger charge is 2.18. The van der Waals surface area contributed by atoms with E-state index in [-0.39, 0.29) is 5.91 Å². The molecule has 0 saturated heterocycles. The van der Waals surface area contributed by atoms with Crippen molar-refractivity contribution in [3.8, 4) is 5.75 Å². The summed E-state index contributed by atoms with van der Waals surface area (Å²) in [7, 11) is 0. The van der Waals surface area contributed by atoms with Crippen LogP contribution in [-0.4, -0.2) is 27.5 Å². The first-order valence-electron chi connectivity index (χ1n) is 7.01. The van der Waals surface area contributed by atoms with Gasteiger partial charge in [-0.05, 0) is 24.3 Å². The Morgan fingerprint density at radius 2 is 1.91 bits per heavy atom. The number of imidazole rings is 1. The lowest BCUT2D eigenvalue weighted by Crippen LogP contribution is -2.18. The average Bonchev–Trinajstić information content (AvgIpc) is 2.93. The molecule has 1 aliphatic heterocycles. The third-order valence-electron chi connectivity index (χ3n) is 3.34. The van der Waals surface area contributed by atoms with Gasteiger partial charge in [-0.25, -0.2) is 10.4 Å². The van der Waals surface area contributed by atoms with Crippen LogP contribution < -0.4 is 10.2 Å². The number of aromatic nitrogens is 2. The number of nitrogens with one attached hydrogen (secondary N) is 2. The second kappa shape index (κ2) is 5.77. The molecule has 6 nitrogen and oxygen atoms in total. The first-order valence-corrected chi connectivity index (χ1v) is 7.99. The molecule has 0 bridgehead atoms. The van der Waals surface area contributed by atoms with Crippen LogP contribution in [0.15, 0.2) is 58.8 Å². The molecule has 0 atom stereocenters. The number of para-hydroxylation sites is 3. The van der Waals surface area contributed by atoms with Gasteiger partial charge in [-0.2, -0.15) is 0 Å². The number of H-pyrrole nitrogens is 1. The number of hydrogen-bond acceptors (Lipinski definition) is 5. The monoisotopic (exact) mass is 324 g/mol. The molecular weight excluding hydrogens is 312 g/mol. The molecule has 0 aliphatic carbocycles. The van der Waals surface area contributed by atoms with Gasteiger partial charge >= 0.3 is 0 Å². The molecule has 1 amide bonds. The lowest BCUT2D eigenvalue weighted by Gasteiger charge is -2.06. The van der Waals surface area contributed by atoms with Crippen molar-refractivity contribution in [3.05, 3.63) is 54.1 Å². The molecule has 0 radical (unpaired) electrons. The van der Waals surface area contributed by atoms with Crippen molar-refractivity contribution in [2.75, 3.05) is 5.75 Å². The number of carbonyl (C=O) groups is 1. The number of amides is 1. The summed E-state index contributed by atoms with van der Waals surface area (Å²) in [6.45, 7) is 0. The molecule has 2 aromatic carbocycles. The van der Waals surface area contributed by atoms with E-state index < -0.39 is 0 Å². The van der Waals surface area contributed by atoms with Crippen LogP contribution in [-0.2, 0) is 0 Å². The molecule has 0 unspecified atom stereocenters. The van der Waals surface area contributed by atoms with E-state index in [0.29, 0.717) is 23.0 Å². The second-order valence-electron chi connectivity index (χ2n) is 4.89. The maximum absolute atomic E-state index is 11.9. The van der Waals surface area contributed by atoms with Crippen LogP contribution in [0.5, 0.6) is 5.75 Å². The Hall–Kier alpha value is -2.80. The van der Waals surface area contributed by atoms with Crippen LogP contribution in [0, 0.1) is 0 Å². The van der Waals surface area contributed by atoms with E-state index in [1.54, 1.807) is 18.2 Å². The second-order valence-corrected chi connectivity index (χ2v) is 5.86. The zero-order valence-corrected chi connectivity index (χ0v) is 12.8. The summed E-state index contributed by atoms with van der Waals surface area (Å²) in [4.78, 5) is 19.6. The molecule has 0 saturated carbocycles. The highest BCUT2D eigenvalue weighted by molar-refractivity contribution is 7.99. The predicted octanol–water partition coefficient (Wildman–Crippen LogP) is 2.79. The number of rotatable bonds is 3. The number of hydrogen-bond donors (Lipinski definition) is 2. The molecule has 2 heterocycles. The van der Waals surface area contributed by atoms with E-state index in [9.17, 15) is 4.79 Å². The number of benzene rings is 2. The molecule has 3 aromatic rings. The van der Waals surface area contributed by atoms with E-state index in [0.717, 1.165) is 16.2 Å². The molecule has 1 aliphatic rings. The molecule has 0 fully saturated rings. The van der Waals surface area contributed by atoms with Gasteiger partial charge in [0.25, 0.3) is 5.91 Å². The maximum Gasteiger partial charge on any atom is 0.275 e. The fourth-order valence-electron chi connectivity index (χ4n) is 2.26. The van der Waals surface area contributed by atoms with Gasteiger partial charge in [-0.15, -0.1) is 5.10 Å². The first kappa shape index (κ1) is 13.8. The number of aromatic amines is 1. The Bertz CT molecular complexity index is 886.